The van der Waals surface area contributed by atoms with Gasteiger partial charge < -0.3 is 15.5 Å². The number of carbonyl (C=O) groups is 2. The Kier molecular flexibility index (Phi) is 6.85. The maximum Gasteiger partial charge on any atom is 0.253 e. The monoisotopic (exact) mass is 427 g/mol. The molecule has 2 amide bonds. The topological polar surface area (TPSA) is 61.4 Å². The van der Waals surface area contributed by atoms with Crippen molar-refractivity contribution in [2.45, 2.75) is 32.2 Å². The number of rotatable bonds is 7. The van der Waals surface area contributed by atoms with Crippen molar-refractivity contribution >= 4 is 23.2 Å². The molecule has 1 atom stereocenters. The van der Waals surface area contributed by atoms with Crippen LogP contribution in [0.5, 0.6) is 0 Å². The fraction of sp³-hybridized carbons (Fsp3) is 0.259. The Morgan fingerprint density at radius 2 is 1.56 bits per heavy atom. The molecule has 164 valence electrons. The lowest BCUT2D eigenvalue weighted by molar-refractivity contribution is -0.115. The van der Waals surface area contributed by atoms with E-state index < -0.39 is 0 Å². The highest BCUT2D eigenvalue weighted by molar-refractivity contribution is 6.02. The summed E-state index contributed by atoms with van der Waals surface area (Å²) in [6, 6.07) is 25.1. The van der Waals surface area contributed by atoms with Gasteiger partial charge in [-0.2, -0.15) is 0 Å². The summed E-state index contributed by atoms with van der Waals surface area (Å²) in [4.78, 5) is 28.1. The van der Waals surface area contributed by atoms with Gasteiger partial charge >= 0.3 is 0 Å². The third kappa shape index (κ3) is 5.35. The van der Waals surface area contributed by atoms with Crippen LogP contribution < -0.4 is 15.5 Å². The van der Waals surface area contributed by atoms with Gasteiger partial charge in [0.15, 0.2) is 0 Å². The van der Waals surface area contributed by atoms with E-state index in [-0.39, 0.29) is 17.9 Å². The van der Waals surface area contributed by atoms with Crippen molar-refractivity contribution in [1.29, 1.82) is 0 Å². The highest BCUT2D eigenvalue weighted by atomic mass is 16.2. The Morgan fingerprint density at radius 3 is 2.25 bits per heavy atom. The average molecular weight is 428 g/mol. The summed E-state index contributed by atoms with van der Waals surface area (Å²) in [6.45, 7) is 3.86. The largest absolute Gasteiger partial charge is 0.371 e. The molecular formula is C27H29N3O2. The normalized spacial score (nSPS) is 14.1. The van der Waals surface area contributed by atoms with Crippen molar-refractivity contribution in [2.75, 3.05) is 23.3 Å². The summed E-state index contributed by atoms with van der Waals surface area (Å²) in [6.07, 6.45) is 2.54. The molecule has 5 heteroatoms. The van der Waals surface area contributed by atoms with Crippen LogP contribution in [0.4, 0.5) is 11.4 Å². The van der Waals surface area contributed by atoms with Crippen molar-refractivity contribution < 1.29 is 9.59 Å². The van der Waals surface area contributed by atoms with Crippen molar-refractivity contribution in [3.63, 3.8) is 0 Å². The molecule has 0 radical (unpaired) electrons. The SMILES string of the molecule is CC(NC(=O)c1cc(NC(=O)Cc2ccccc2)ccc1N1CCCC1)c1ccccc1. The van der Waals surface area contributed by atoms with Crippen molar-refractivity contribution in [1.82, 2.24) is 5.32 Å². The van der Waals surface area contributed by atoms with E-state index in [1.54, 1.807) is 6.07 Å². The van der Waals surface area contributed by atoms with E-state index in [9.17, 15) is 9.59 Å². The van der Waals surface area contributed by atoms with E-state index in [4.69, 9.17) is 0 Å². The molecule has 1 fully saturated rings. The van der Waals surface area contributed by atoms with Gasteiger partial charge in [0.25, 0.3) is 5.91 Å². The minimum Gasteiger partial charge on any atom is -0.371 e. The maximum absolute atomic E-state index is 13.3. The molecule has 1 aliphatic rings. The minimum atomic E-state index is -0.137. The molecule has 1 saturated heterocycles. The average Bonchev–Trinajstić information content (AvgIpc) is 3.35. The molecule has 3 aromatic carbocycles. The molecule has 0 bridgehead atoms. The number of nitrogens with zero attached hydrogens (tertiary/aromatic N) is 1. The molecule has 0 aliphatic carbocycles. The third-order valence-corrected chi connectivity index (χ3v) is 5.83. The Bertz CT molecular complexity index is 1060. The Labute approximate surface area is 189 Å². The minimum absolute atomic E-state index is 0.103. The Hall–Kier alpha value is -3.60. The number of hydrogen-bond donors (Lipinski definition) is 2. The zero-order chi connectivity index (χ0) is 22.3. The van der Waals surface area contributed by atoms with Gasteiger partial charge in [-0.05, 0) is 49.1 Å². The second-order valence-corrected chi connectivity index (χ2v) is 8.24. The number of hydrogen-bond acceptors (Lipinski definition) is 3. The van der Waals surface area contributed by atoms with E-state index >= 15 is 0 Å². The molecule has 0 spiro atoms. The second kappa shape index (κ2) is 10.1. The van der Waals surface area contributed by atoms with Crippen LogP contribution in [0.25, 0.3) is 0 Å². The number of benzene rings is 3. The summed E-state index contributed by atoms with van der Waals surface area (Å²) in [5.74, 6) is -0.239. The van der Waals surface area contributed by atoms with Crippen molar-refractivity contribution in [2.24, 2.45) is 0 Å². The van der Waals surface area contributed by atoms with Gasteiger partial charge in [0.2, 0.25) is 5.91 Å². The summed E-state index contributed by atoms with van der Waals surface area (Å²) in [7, 11) is 0. The van der Waals surface area contributed by atoms with E-state index in [0.29, 0.717) is 17.7 Å². The second-order valence-electron chi connectivity index (χ2n) is 8.24. The molecule has 32 heavy (non-hydrogen) atoms. The first kappa shape index (κ1) is 21.6. The van der Waals surface area contributed by atoms with Crippen LogP contribution in [0.1, 0.15) is 47.3 Å². The van der Waals surface area contributed by atoms with Gasteiger partial charge in [0.05, 0.1) is 18.0 Å². The van der Waals surface area contributed by atoms with Crippen LogP contribution in [-0.2, 0) is 11.2 Å². The van der Waals surface area contributed by atoms with E-state index in [2.05, 4.69) is 15.5 Å². The molecule has 0 saturated carbocycles. The van der Waals surface area contributed by atoms with Crippen LogP contribution in [0.2, 0.25) is 0 Å². The fourth-order valence-electron chi connectivity index (χ4n) is 4.12. The summed E-state index contributed by atoms with van der Waals surface area (Å²) in [5.41, 5.74) is 4.14. The molecule has 3 aromatic rings. The number of nitrogens with one attached hydrogen (secondary N) is 2. The number of amides is 2. The molecule has 1 unspecified atom stereocenters. The summed E-state index contributed by atoms with van der Waals surface area (Å²) >= 11 is 0. The Morgan fingerprint density at radius 1 is 0.906 bits per heavy atom. The summed E-state index contributed by atoms with van der Waals surface area (Å²) in [5, 5.41) is 6.07. The van der Waals surface area contributed by atoms with Crippen LogP contribution in [0.3, 0.4) is 0 Å². The van der Waals surface area contributed by atoms with Crippen LogP contribution in [0, 0.1) is 0 Å². The zero-order valence-corrected chi connectivity index (χ0v) is 18.4. The molecule has 1 aliphatic heterocycles. The van der Waals surface area contributed by atoms with E-state index in [0.717, 1.165) is 42.7 Å². The highest BCUT2D eigenvalue weighted by Crippen LogP contribution is 2.28. The van der Waals surface area contributed by atoms with Gasteiger partial charge in [0, 0.05) is 24.5 Å². The molecule has 5 nitrogen and oxygen atoms in total. The van der Waals surface area contributed by atoms with Gasteiger partial charge in [-0.15, -0.1) is 0 Å². The van der Waals surface area contributed by atoms with E-state index in [1.807, 2.05) is 79.7 Å². The predicted octanol–water partition coefficient (Wildman–Crippen LogP) is 4.96. The van der Waals surface area contributed by atoms with Crippen LogP contribution in [-0.4, -0.2) is 24.9 Å². The first-order valence-electron chi connectivity index (χ1n) is 11.2. The highest BCUT2D eigenvalue weighted by Gasteiger charge is 2.22. The lowest BCUT2D eigenvalue weighted by atomic mass is 10.1. The summed E-state index contributed by atoms with van der Waals surface area (Å²) < 4.78 is 0. The zero-order valence-electron chi connectivity index (χ0n) is 18.4. The van der Waals surface area contributed by atoms with Gasteiger partial charge in [-0.1, -0.05) is 60.7 Å². The first-order chi connectivity index (χ1) is 15.6. The molecule has 2 N–H and O–H groups in total. The molecule has 0 aromatic heterocycles. The van der Waals surface area contributed by atoms with Crippen molar-refractivity contribution in [3.05, 3.63) is 95.6 Å². The number of carbonyl (C=O) groups excluding carboxylic acids is 2. The maximum atomic E-state index is 13.3. The van der Waals surface area contributed by atoms with Gasteiger partial charge in [-0.3, -0.25) is 9.59 Å². The lowest BCUT2D eigenvalue weighted by Crippen LogP contribution is -2.29. The van der Waals surface area contributed by atoms with Crippen molar-refractivity contribution in [3.8, 4) is 0 Å². The standard InChI is InChI=1S/C27H29N3O2/c1-20(22-12-6-3-7-13-22)28-27(32)24-19-23(14-15-25(24)30-16-8-9-17-30)29-26(31)18-21-10-4-2-5-11-21/h2-7,10-15,19-20H,8-9,16-18H2,1H3,(H,28,32)(H,29,31). The quantitative estimate of drug-likeness (QED) is 0.560. The third-order valence-electron chi connectivity index (χ3n) is 5.83. The van der Waals surface area contributed by atoms with Crippen LogP contribution in [0.15, 0.2) is 78.9 Å². The first-order valence-corrected chi connectivity index (χ1v) is 11.2. The smallest absolute Gasteiger partial charge is 0.253 e. The molecular weight excluding hydrogens is 398 g/mol. The van der Waals surface area contributed by atoms with E-state index in [1.165, 1.54) is 0 Å². The molecule has 1 heterocycles. The van der Waals surface area contributed by atoms with Gasteiger partial charge in [0.1, 0.15) is 0 Å². The number of anilines is 2. The lowest BCUT2D eigenvalue weighted by Gasteiger charge is -2.23. The van der Waals surface area contributed by atoms with Crippen LogP contribution >= 0.6 is 0 Å². The Balaban J connectivity index is 1.54. The predicted molar refractivity (Wildman–Crippen MR) is 129 cm³/mol. The molecule has 4 rings (SSSR count). The fourth-order valence-corrected chi connectivity index (χ4v) is 4.12. The van der Waals surface area contributed by atoms with Gasteiger partial charge in [-0.25, -0.2) is 0 Å².